The van der Waals surface area contributed by atoms with Crippen LogP contribution in [0.4, 0.5) is 0 Å². The van der Waals surface area contributed by atoms with Gasteiger partial charge in [0.05, 0.1) is 6.61 Å². The van der Waals surface area contributed by atoms with Crippen molar-refractivity contribution in [2.45, 2.75) is 19.7 Å². The van der Waals surface area contributed by atoms with Crippen molar-refractivity contribution in [2.24, 2.45) is 0 Å². The maximum absolute atomic E-state index is 5.86. The Kier molecular flexibility index (Phi) is 4.16. The molecule has 0 aromatic heterocycles. The lowest BCUT2D eigenvalue weighted by Crippen LogP contribution is -2.32. The van der Waals surface area contributed by atoms with Crippen LogP contribution in [0.2, 0.25) is 13.1 Å². The van der Waals surface area contributed by atoms with Gasteiger partial charge in [-0.25, -0.2) is 0 Å². The molecule has 0 atom stereocenters. The third-order valence-electron chi connectivity index (χ3n) is 1.79. The van der Waals surface area contributed by atoms with Crippen LogP contribution in [-0.2, 0) is 11.0 Å². The van der Waals surface area contributed by atoms with E-state index in [-0.39, 0.29) is 0 Å². The van der Waals surface area contributed by atoms with Gasteiger partial charge in [-0.1, -0.05) is 46.3 Å². The van der Waals surface area contributed by atoms with Gasteiger partial charge < -0.3 is 4.43 Å². The van der Waals surface area contributed by atoms with Gasteiger partial charge in [0.25, 0.3) is 0 Å². The minimum atomic E-state index is -1.44. The van der Waals surface area contributed by atoms with E-state index in [1.807, 2.05) is 18.2 Å². The Morgan fingerprint density at radius 2 is 1.85 bits per heavy atom. The van der Waals surface area contributed by atoms with Crippen LogP contribution in [0, 0.1) is 0 Å². The molecule has 0 unspecified atom stereocenters. The van der Waals surface area contributed by atoms with Crippen molar-refractivity contribution < 1.29 is 4.43 Å². The zero-order valence-corrected chi connectivity index (χ0v) is 10.7. The topological polar surface area (TPSA) is 9.23 Å². The molecule has 13 heavy (non-hydrogen) atoms. The minimum absolute atomic E-state index is 0.742. The Labute approximate surface area is 89.4 Å². The zero-order chi connectivity index (χ0) is 9.73. The first-order valence-corrected chi connectivity index (χ1v) is 8.61. The summed E-state index contributed by atoms with van der Waals surface area (Å²) in [6.45, 7) is 5.17. The van der Waals surface area contributed by atoms with Gasteiger partial charge in [0.15, 0.2) is 8.32 Å². The third-order valence-corrected chi connectivity index (χ3v) is 7.41. The van der Waals surface area contributed by atoms with Gasteiger partial charge in [-0.2, -0.15) is 0 Å². The molecule has 1 aromatic carbocycles. The predicted octanol–water partition coefficient (Wildman–Crippen LogP) is 3.34. The van der Waals surface area contributed by atoms with Crippen LogP contribution >= 0.6 is 15.9 Å². The monoisotopic (exact) mass is 258 g/mol. The van der Waals surface area contributed by atoms with Gasteiger partial charge in [0.2, 0.25) is 0 Å². The molecule has 72 valence electrons. The third kappa shape index (κ3) is 4.07. The molecule has 0 heterocycles. The first kappa shape index (κ1) is 11.0. The van der Waals surface area contributed by atoms with Gasteiger partial charge in [-0.05, 0) is 18.7 Å². The number of rotatable bonds is 4. The van der Waals surface area contributed by atoms with Gasteiger partial charge in [0, 0.05) is 4.95 Å². The Hall–Kier alpha value is -0.123. The van der Waals surface area contributed by atoms with E-state index in [0.717, 1.165) is 11.6 Å². The second-order valence-corrected chi connectivity index (χ2v) is 9.43. The smallest absolute Gasteiger partial charge is 0.197 e. The lowest BCUT2D eigenvalue weighted by Gasteiger charge is -2.19. The predicted molar refractivity (Wildman–Crippen MR) is 62.5 cm³/mol. The largest absolute Gasteiger partial charge is 0.412 e. The first-order chi connectivity index (χ1) is 6.14. The molecular weight excluding hydrogens is 244 g/mol. The van der Waals surface area contributed by atoms with Crippen molar-refractivity contribution in [1.29, 1.82) is 0 Å². The highest BCUT2D eigenvalue weighted by atomic mass is 79.9. The number of alkyl halides is 1. The van der Waals surface area contributed by atoms with E-state index in [0.29, 0.717) is 0 Å². The Morgan fingerprint density at radius 3 is 2.38 bits per heavy atom. The molecule has 0 aliphatic rings. The van der Waals surface area contributed by atoms with E-state index in [4.69, 9.17) is 4.43 Å². The molecular formula is C10H15BrOSi. The van der Waals surface area contributed by atoms with Crippen molar-refractivity contribution in [3.05, 3.63) is 35.9 Å². The number of hydrogen-bond donors (Lipinski definition) is 0. The molecule has 3 heteroatoms. The Bertz CT molecular complexity index is 248. The molecule has 1 aromatic rings. The fourth-order valence-electron chi connectivity index (χ4n) is 0.892. The van der Waals surface area contributed by atoms with Crippen LogP contribution in [0.5, 0.6) is 0 Å². The molecule has 0 aliphatic carbocycles. The summed E-state index contributed by atoms with van der Waals surface area (Å²) in [6.07, 6.45) is 0. The molecule has 0 amide bonds. The summed E-state index contributed by atoms with van der Waals surface area (Å²) < 4.78 is 5.86. The van der Waals surface area contributed by atoms with E-state index in [9.17, 15) is 0 Å². The van der Waals surface area contributed by atoms with Crippen molar-refractivity contribution in [3.63, 3.8) is 0 Å². The highest BCUT2D eigenvalue weighted by Gasteiger charge is 2.20. The Balaban J connectivity index is 2.44. The van der Waals surface area contributed by atoms with Crippen molar-refractivity contribution in [2.75, 3.05) is 4.95 Å². The summed E-state index contributed by atoms with van der Waals surface area (Å²) in [7, 11) is -1.44. The molecule has 1 rings (SSSR count). The summed E-state index contributed by atoms with van der Waals surface area (Å²) in [4.78, 5) is 0.993. The van der Waals surface area contributed by atoms with Crippen LogP contribution in [0.1, 0.15) is 5.56 Å². The quantitative estimate of drug-likeness (QED) is 0.595. The Morgan fingerprint density at radius 1 is 1.23 bits per heavy atom. The van der Waals surface area contributed by atoms with Crippen LogP contribution in [0.3, 0.4) is 0 Å². The highest BCUT2D eigenvalue weighted by molar-refractivity contribution is 9.09. The minimum Gasteiger partial charge on any atom is -0.412 e. The fraction of sp³-hybridized carbons (Fsp3) is 0.400. The van der Waals surface area contributed by atoms with Crippen LogP contribution in [-0.4, -0.2) is 13.3 Å². The summed E-state index contributed by atoms with van der Waals surface area (Å²) >= 11 is 3.48. The fourth-order valence-corrected chi connectivity index (χ4v) is 2.01. The van der Waals surface area contributed by atoms with Crippen LogP contribution < -0.4 is 0 Å². The maximum atomic E-state index is 5.86. The summed E-state index contributed by atoms with van der Waals surface area (Å²) in [6, 6.07) is 10.3. The number of benzene rings is 1. The van der Waals surface area contributed by atoms with Gasteiger partial charge >= 0.3 is 0 Å². The standard InChI is InChI=1S/C10H15BrOSi/c1-13(2,9-11)12-8-10-6-4-3-5-7-10/h3-7H,8-9H2,1-2H3. The van der Waals surface area contributed by atoms with Gasteiger partial charge in [-0.3, -0.25) is 0 Å². The van der Waals surface area contributed by atoms with Crippen LogP contribution in [0.15, 0.2) is 30.3 Å². The molecule has 0 radical (unpaired) electrons. The summed E-state index contributed by atoms with van der Waals surface area (Å²) in [5, 5.41) is 0. The van der Waals surface area contributed by atoms with Crippen LogP contribution in [0.25, 0.3) is 0 Å². The highest BCUT2D eigenvalue weighted by Crippen LogP contribution is 2.11. The summed E-state index contributed by atoms with van der Waals surface area (Å²) in [5.41, 5.74) is 1.25. The average molecular weight is 259 g/mol. The second kappa shape index (κ2) is 4.93. The lowest BCUT2D eigenvalue weighted by atomic mass is 10.2. The van der Waals surface area contributed by atoms with Crippen molar-refractivity contribution in [3.8, 4) is 0 Å². The maximum Gasteiger partial charge on any atom is 0.197 e. The molecule has 0 aliphatic heterocycles. The van der Waals surface area contributed by atoms with E-state index < -0.39 is 8.32 Å². The molecule has 0 saturated heterocycles. The molecule has 0 saturated carbocycles. The van der Waals surface area contributed by atoms with E-state index in [1.165, 1.54) is 5.56 Å². The van der Waals surface area contributed by atoms with Crippen molar-refractivity contribution in [1.82, 2.24) is 0 Å². The van der Waals surface area contributed by atoms with Gasteiger partial charge in [0.1, 0.15) is 0 Å². The van der Waals surface area contributed by atoms with Crippen molar-refractivity contribution >= 4 is 24.2 Å². The van der Waals surface area contributed by atoms with E-state index in [1.54, 1.807) is 0 Å². The molecule has 0 N–H and O–H groups in total. The molecule has 0 spiro atoms. The SMILES string of the molecule is C[Si](C)(CBr)OCc1ccccc1. The molecule has 1 nitrogen and oxygen atoms in total. The molecule has 0 bridgehead atoms. The zero-order valence-electron chi connectivity index (χ0n) is 8.09. The van der Waals surface area contributed by atoms with E-state index >= 15 is 0 Å². The van der Waals surface area contributed by atoms with Gasteiger partial charge in [-0.15, -0.1) is 0 Å². The number of halogens is 1. The summed E-state index contributed by atoms with van der Waals surface area (Å²) in [5.74, 6) is 0. The lowest BCUT2D eigenvalue weighted by molar-refractivity contribution is 0.299. The number of hydrogen-bond acceptors (Lipinski definition) is 1. The normalized spacial score (nSPS) is 11.6. The average Bonchev–Trinajstić information content (AvgIpc) is 2.17. The first-order valence-electron chi connectivity index (χ1n) is 4.38. The molecule has 0 fully saturated rings. The second-order valence-electron chi connectivity index (χ2n) is 3.67. The van der Waals surface area contributed by atoms with E-state index in [2.05, 4.69) is 41.2 Å².